The maximum Gasteiger partial charge on any atom is 0.241 e. The highest BCUT2D eigenvalue weighted by atomic mass is 32.2. The van der Waals surface area contributed by atoms with Crippen LogP contribution in [0.1, 0.15) is 49.3 Å². The topological polar surface area (TPSA) is 46.2 Å². The van der Waals surface area contributed by atoms with Crippen molar-refractivity contribution in [2.45, 2.75) is 58.3 Å². The van der Waals surface area contributed by atoms with Crippen molar-refractivity contribution in [3.63, 3.8) is 0 Å². The van der Waals surface area contributed by atoms with E-state index in [2.05, 4.69) is 11.6 Å². The molecule has 0 amide bonds. The first kappa shape index (κ1) is 16.2. The molecule has 3 nitrogen and oxygen atoms in total. The number of hydrogen-bond donors (Lipinski definition) is 1. The van der Waals surface area contributed by atoms with Crippen LogP contribution in [0.25, 0.3) is 0 Å². The van der Waals surface area contributed by atoms with E-state index < -0.39 is 10.0 Å². The molecule has 0 aliphatic carbocycles. The van der Waals surface area contributed by atoms with Gasteiger partial charge in [0.25, 0.3) is 0 Å². The van der Waals surface area contributed by atoms with E-state index in [0.717, 1.165) is 42.4 Å². The SMILES string of the molecule is CCCCCCNS(=O)(=O)c1c(C)cc(C)cc1C. The lowest BCUT2D eigenvalue weighted by Crippen LogP contribution is -2.26. The van der Waals surface area contributed by atoms with Gasteiger partial charge in [-0.3, -0.25) is 0 Å². The zero-order valence-electron chi connectivity index (χ0n) is 12.4. The summed E-state index contributed by atoms with van der Waals surface area (Å²) in [4.78, 5) is 0.439. The number of sulfonamides is 1. The van der Waals surface area contributed by atoms with Gasteiger partial charge < -0.3 is 0 Å². The highest BCUT2D eigenvalue weighted by molar-refractivity contribution is 7.89. The smallest absolute Gasteiger partial charge is 0.211 e. The average Bonchev–Trinajstić information content (AvgIpc) is 2.26. The quantitative estimate of drug-likeness (QED) is 0.779. The third-order valence-corrected chi connectivity index (χ3v) is 4.96. The van der Waals surface area contributed by atoms with E-state index in [4.69, 9.17) is 0 Å². The normalized spacial score (nSPS) is 11.8. The van der Waals surface area contributed by atoms with Crippen LogP contribution in [-0.2, 0) is 10.0 Å². The lowest BCUT2D eigenvalue weighted by atomic mass is 10.1. The van der Waals surface area contributed by atoms with Gasteiger partial charge in [0.2, 0.25) is 10.0 Å². The Morgan fingerprint density at radius 3 is 2.11 bits per heavy atom. The molecule has 108 valence electrons. The van der Waals surface area contributed by atoms with Gasteiger partial charge in [0.05, 0.1) is 4.90 Å². The molecule has 0 aliphatic heterocycles. The summed E-state index contributed by atoms with van der Waals surface area (Å²) in [7, 11) is -3.38. The van der Waals surface area contributed by atoms with Gasteiger partial charge in [-0.05, 0) is 38.3 Å². The standard InChI is InChI=1S/C15H25NO2S/c1-5-6-7-8-9-16-19(17,18)15-13(3)10-12(2)11-14(15)4/h10-11,16H,5-9H2,1-4H3. The fraction of sp³-hybridized carbons (Fsp3) is 0.600. The first-order chi connectivity index (χ1) is 8.88. The van der Waals surface area contributed by atoms with Gasteiger partial charge in [-0.15, -0.1) is 0 Å². The van der Waals surface area contributed by atoms with Crippen molar-refractivity contribution in [1.82, 2.24) is 4.72 Å². The third kappa shape index (κ3) is 4.62. The molecule has 1 aromatic carbocycles. The molecule has 1 aromatic rings. The summed E-state index contributed by atoms with van der Waals surface area (Å²) in [6, 6.07) is 3.83. The van der Waals surface area contributed by atoms with Crippen LogP contribution in [-0.4, -0.2) is 15.0 Å². The van der Waals surface area contributed by atoms with Gasteiger partial charge in [0.15, 0.2) is 0 Å². The van der Waals surface area contributed by atoms with E-state index in [-0.39, 0.29) is 0 Å². The van der Waals surface area contributed by atoms with Crippen molar-refractivity contribution in [3.8, 4) is 0 Å². The Morgan fingerprint density at radius 2 is 1.58 bits per heavy atom. The van der Waals surface area contributed by atoms with Crippen molar-refractivity contribution >= 4 is 10.0 Å². The minimum Gasteiger partial charge on any atom is -0.211 e. The van der Waals surface area contributed by atoms with Gasteiger partial charge >= 0.3 is 0 Å². The average molecular weight is 283 g/mol. The van der Waals surface area contributed by atoms with Crippen LogP contribution in [0.2, 0.25) is 0 Å². The van der Waals surface area contributed by atoms with Gasteiger partial charge in [-0.2, -0.15) is 0 Å². The first-order valence-corrected chi connectivity index (χ1v) is 8.44. The van der Waals surface area contributed by atoms with E-state index in [1.807, 2.05) is 32.9 Å². The molecule has 0 spiro atoms. The second-order valence-corrected chi connectivity index (χ2v) is 6.89. The number of benzene rings is 1. The summed E-state index contributed by atoms with van der Waals surface area (Å²) in [5, 5.41) is 0. The molecule has 0 fully saturated rings. The predicted molar refractivity (Wildman–Crippen MR) is 80.0 cm³/mol. The monoisotopic (exact) mass is 283 g/mol. The van der Waals surface area contributed by atoms with E-state index in [1.165, 1.54) is 0 Å². The Balaban J connectivity index is 2.78. The Labute approximate surface area is 117 Å². The lowest BCUT2D eigenvalue weighted by molar-refractivity contribution is 0.572. The molecule has 19 heavy (non-hydrogen) atoms. The Morgan fingerprint density at radius 1 is 1.00 bits per heavy atom. The van der Waals surface area contributed by atoms with Gasteiger partial charge in [0.1, 0.15) is 0 Å². The zero-order valence-corrected chi connectivity index (χ0v) is 13.2. The summed E-state index contributed by atoms with van der Waals surface area (Å²) < 4.78 is 27.3. The highest BCUT2D eigenvalue weighted by Gasteiger charge is 2.18. The zero-order chi connectivity index (χ0) is 14.5. The van der Waals surface area contributed by atoms with Crippen molar-refractivity contribution in [1.29, 1.82) is 0 Å². The number of hydrogen-bond acceptors (Lipinski definition) is 2. The molecule has 0 heterocycles. The summed E-state index contributed by atoms with van der Waals surface area (Å²) in [5.41, 5.74) is 2.73. The highest BCUT2D eigenvalue weighted by Crippen LogP contribution is 2.21. The molecule has 0 saturated heterocycles. The van der Waals surface area contributed by atoms with Crippen LogP contribution in [0, 0.1) is 20.8 Å². The van der Waals surface area contributed by atoms with Gasteiger partial charge in [0, 0.05) is 6.54 Å². The minimum atomic E-state index is -3.38. The molecular formula is C15H25NO2S. The summed E-state index contributed by atoms with van der Waals surface area (Å²) in [6.45, 7) is 8.35. The van der Waals surface area contributed by atoms with Gasteiger partial charge in [-0.1, -0.05) is 43.9 Å². The van der Waals surface area contributed by atoms with Crippen LogP contribution in [0.4, 0.5) is 0 Å². The van der Waals surface area contributed by atoms with Crippen LogP contribution in [0.15, 0.2) is 17.0 Å². The van der Waals surface area contributed by atoms with Crippen molar-refractivity contribution < 1.29 is 8.42 Å². The Hall–Kier alpha value is -0.870. The Kier molecular flexibility index (Phi) is 6.01. The third-order valence-electron chi connectivity index (χ3n) is 3.20. The fourth-order valence-electron chi connectivity index (χ4n) is 2.42. The molecule has 0 radical (unpaired) electrons. The van der Waals surface area contributed by atoms with E-state index in [9.17, 15) is 8.42 Å². The molecular weight excluding hydrogens is 258 g/mol. The van der Waals surface area contributed by atoms with Crippen molar-refractivity contribution in [2.75, 3.05) is 6.54 Å². The maximum absolute atomic E-state index is 12.3. The van der Waals surface area contributed by atoms with Crippen LogP contribution in [0.3, 0.4) is 0 Å². The molecule has 0 saturated carbocycles. The second-order valence-electron chi connectivity index (χ2n) is 5.19. The molecule has 1 rings (SSSR count). The number of unbranched alkanes of at least 4 members (excludes halogenated alkanes) is 3. The predicted octanol–water partition coefficient (Wildman–Crippen LogP) is 3.47. The lowest BCUT2D eigenvalue weighted by Gasteiger charge is -2.13. The number of nitrogens with one attached hydrogen (secondary N) is 1. The Bertz CT molecular complexity index is 498. The second kappa shape index (κ2) is 7.06. The molecule has 0 bridgehead atoms. The first-order valence-electron chi connectivity index (χ1n) is 6.96. The van der Waals surface area contributed by atoms with Crippen LogP contribution >= 0.6 is 0 Å². The largest absolute Gasteiger partial charge is 0.241 e. The molecule has 0 aliphatic rings. The van der Waals surface area contributed by atoms with Crippen molar-refractivity contribution in [2.24, 2.45) is 0 Å². The molecule has 0 unspecified atom stereocenters. The van der Waals surface area contributed by atoms with E-state index >= 15 is 0 Å². The molecule has 0 aromatic heterocycles. The minimum absolute atomic E-state index is 0.439. The number of aryl methyl sites for hydroxylation is 3. The molecule has 1 N–H and O–H groups in total. The summed E-state index contributed by atoms with van der Waals surface area (Å²) in [5.74, 6) is 0. The summed E-state index contributed by atoms with van der Waals surface area (Å²) >= 11 is 0. The van der Waals surface area contributed by atoms with Gasteiger partial charge in [-0.25, -0.2) is 13.1 Å². The van der Waals surface area contributed by atoms with E-state index in [0.29, 0.717) is 11.4 Å². The number of rotatable bonds is 7. The molecule has 0 atom stereocenters. The fourth-order valence-corrected chi connectivity index (χ4v) is 3.94. The van der Waals surface area contributed by atoms with Crippen LogP contribution < -0.4 is 4.72 Å². The van der Waals surface area contributed by atoms with Crippen LogP contribution in [0.5, 0.6) is 0 Å². The van der Waals surface area contributed by atoms with Crippen molar-refractivity contribution in [3.05, 3.63) is 28.8 Å². The summed E-state index contributed by atoms with van der Waals surface area (Å²) in [6.07, 6.45) is 4.29. The maximum atomic E-state index is 12.3. The van der Waals surface area contributed by atoms with E-state index in [1.54, 1.807) is 0 Å². The molecule has 4 heteroatoms.